The quantitative estimate of drug-likeness (QED) is 0.540. The molecule has 0 bridgehead atoms. The van der Waals surface area contributed by atoms with Gasteiger partial charge in [-0.1, -0.05) is 23.4 Å². The first kappa shape index (κ1) is 18.9. The van der Waals surface area contributed by atoms with Crippen LogP contribution in [-0.2, 0) is 14.3 Å². The van der Waals surface area contributed by atoms with Crippen molar-refractivity contribution in [1.82, 2.24) is 5.16 Å². The van der Waals surface area contributed by atoms with Crippen molar-refractivity contribution >= 4 is 29.5 Å². The number of rotatable bonds is 9. The molecule has 1 heterocycles. The van der Waals surface area contributed by atoms with E-state index in [4.69, 9.17) is 14.0 Å². The molecule has 0 aliphatic carbocycles. The maximum absolute atomic E-state index is 11.7. The van der Waals surface area contributed by atoms with Gasteiger partial charge in [-0.3, -0.25) is 9.59 Å². The minimum absolute atomic E-state index is 0.0929. The fourth-order valence-electron chi connectivity index (χ4n) is 1.90. The van der Waals surface area contributed by atoms with Gasteiger partial charge in [-0.2, -0.15) is 0 Å². The molecule has 2 rings (SSSR count). The number of hydrogen-bond acceptors (Lipinski definition) is 7. The van der Waals surface area contributed by atoms with E-state index in [1.54, 1.807) is 13.0 Å². The van der Waals surface area contributed by atoms with Crippen LogP contribution in [0.15, 0.2) is 34.9 Å². The standard InChI is InChI=1S/C17H20N2O5S/c1-12-5-3-4-6-14(12)22-7-8-23-17(21)11-25-10-16(20)18-15-9-13(2)24-19-15/h3-6,9H,7-8,10-11H2,1-2H3,(H,18,19,20). The highest BCUT2D eigenvalue weighted by molar-refractivity contribution is 8.00. The second-order valence-electron chi connectivity index (χ2n) is 5.20. The zero-order valence-electron chi connectivity index (χ0n) is 14.1. The van der Waals surface area contributed by atoms with Crippen LogP contribution in [-0.4, -0.2) is 41.8 Å². The van der Waals surface area contributed by atoms with E-state index in [0.29, 0.717) is 11.6 Å². The van der Waals surface area contributed by atoms with Crippen molar-refractivity contribution in [2.24, 2.45) is 0 Å². The van der Waals surface area contributed by atoms with Gasteiger partial charge < -0.3 is 19.3 Å². The number of thioether (sulfide) groups is 1. The molecule has 1 aromatic heterocycles. The van der Waals surface area contributed by atoms with Gasteiger partial charge in [0.2, 0.25) is 5.91 Å². The number of aromatic nitrogens is 1. The van der Waals surface area contributed by atoms with E-state index in [-0.39, 0.29) is 36.6 Å². The van der Waals surface area contributed by atoms with Crippen molar-refractivity contribution in [3.05, 3.63) is 41.7 Å². The topological polar surface area (TPSA) is 90.7 Å². The third kappa shape index (κ3) is 6.88. The van der Waals surface area contributed by atoms with Gasteiger partial charge in [-0.15, -0.1) is 11.8 Å². The number of esters is 1. The van der Waals surface area contributed by atoms with E-state index in [1.807, 2.05) is 31.2 Å². The summed E-state index contributed by atoms with van der Waals surface area (Å²) in [5, 5.41) is 6.23. The molecule has 8 heteroatoms. The summed E-state index contributed by atoms with van der Waals surface area (Å²) < 4.78 is 15.4. The molecule has 1 aromatic carbocycles. The molecule has 0 unspecified atom stereocenters. The third-order valence-corrected chi connectivity index (χ3v) is 3.95. The average Bonchev–Trinajstić information content (AvgIpc) is 2.98. The van der Waals surface area contributed by atoms with Gasteiger partial charge in [0, 0.05) is 6.07 Å². The van der Waals surface area contributed by atoms with Crippen molar-refractivity contribution in [1.29, 1.82) is 0 Å². The number of carbonyl (C=O) groups is 2. The summed E-state index contributed by atoms with van der Waals surface area (Å²) in [4.78, 5) is 23.3. The molecule has 1 amide bonds. The molecule has 0 fully saturated rings. The first-order valence-corrected chi connectivity index (χ1v) is 8.85. The van der Waals surface area contributed by atoms with E-state index in [0.717, 1.165) is 11.3 Å². The van der Waals surface area contributed by atoms with Crippen molar-refractivity contribution in [2.75, 3.05) is 30.0 Å². The minimum atomic E-state index is -0.386. The van der Waals surface area contributed by atoms with Gasteiger partial charge in [0.15, 0.2) is 5.82 Å². The summed E-state index contributed by atoms with van der Waals surface area (Å²) >= 11 is 1.17. The second-order valence-corrected chi connectivity index (χ2v) is 6.18. The van der Waals surface area contributed by atoms with Gasteiger partial charge >= 0.3 is 5.97 Å². The number of anilines is 1. The molecule has 0 radical (unpaired) electrons. The van der Waals surface area contributed by atoms with Crippen LogP contribution in [0.1, 0.15) is 11.3 Å². The molecular formula is C17H20N2O5S. The van der Waals surface area contributed by atoms with E-state index in [9.17, 15) is 9.59 Å². The fraction of sp³-hybridized carbons (Fsp3) is 0.353. The molecule has 0 aliphatic heterocycles. The smallest absolute Gasteiger partial charge is 0.316 e. The van der Waals surface area contributed by atoms with E-state index in [2.05, 4.69) is 10.5 Å². The van der Waals surface area contributed by atoms with Gasteiger partial charge in [-0.05, 0) is 25.5 Å². The average molecular weight is 364 g/mol. The zero-order valence-corrected chi connectivity index (χ0v) is 14.9. The number of nitrogens with one attached hydrogen (secondary N) is 1. The molecule has 7 nitrogen and oxygen atoms in total. The maximum atomic E-state index is 11.7. The van der Waals surface area contributed by atoms with Crippen LogP contribution in [0.3, 0.4) is 0 Å². The number of aryl methyl sites for hydroxylation is 2. The molecule has 0 spiro atoms. The Morgan fingerprint density at radius 2 is 2.00 bits per heavy atom. The zero-order chi connectivity index (χ0) is 18.1. The maximum Gasteiger partial charge on any atom is 0.316 e. The van der Waals surface area contributed by atoms with Gasteiger partial charge in [-0.25, -0.2) is 0 Å². The van der Waals surface area contributed by atoms with Crippen LogP contribution in [0.5, 0.6) is 5.75 Å². The van der Waals surface area contributed by atoms with Crippen LogP contribution in [0.2, 0.25) is 0 Å². The molecular weight excluding hydrogens is 344 g/mol. The Kier molecular flexibility index (Phi) is 7.34. The fourth-order valence-corrected chi connectivity index (χ4v) is 2.51. The van der Waals surface area contributed by atoms with E-state index >= 15 is 0 Å². The highest BCUT2D eigenvalue weighted by atomic mass is 32.2. The minimum Gasteiger partial charge on any atom is -0.490 e. The normalized spacial score (nSPS) is 10.3. The highest BCUT2D eigenvalue weighted by Gasteiger charge is 2.09. The molecule has 0 saturated carbocycles. The molecule has 25 heavy (non-hydrogen) atoms. The Hall–Kier alpha value is -2.48. The summed E-state index contributed by atoms with van der Waals surface area (Å²) in [5.41, 5.74) is 1.03. The van der Waals surface area contributed by atoms with Gasteiger partial charge in [0.25, 0.3) is 0 Å². The number of amides is 1. The Labute approximate surface area is 150 Å². The molecule has 2 aromatic rings. The van der Waals surface area contributed by atoms with Gasteiger partial charge in [0.05, 0.1) is 11.5 Å². The molecule has 0 aliphatic rings. The van der Waals surface area contributed by atoms with Crippen molar-refractivity contribution in [3.63, 3.8) is 0 Å². The first-order chi connectivity index (χ1) is 12.0. The summed E-state index contributed by atoms with van der Waals surface area (Å²) in [6.45, 7) is 4.13. The third-order valence-electron chi connectivity index (χ3n) is 3.05. The van der Waals surface area contributed by atoms with E-state index in [1.165, 1.54) is 11.8 Å². The van der Waals surface area contributed by atoms with Crippen molar-refractivity contribution < 1.29 is 23.6 Å². The van der Waals surface area contributed by atoms with Crippen LogP contribution < -0.4 is 10.1 Å². The van der Waals surface area contributed by atoms with E-state index < -0.39 is 0 Å². The number of carbonyl (C=O) groups excluding carboxylic acids is 2. The van der Waals surface area contributed by atoms with Crippen molar-refractivity contribution in [3.8, 4) is 5.75 Å². The largest absolute Gasteiger partial charge is 0.490 e. The molecule has 0 atom stereocenters. The monoisotopic (exact) mass is 364 g/mol. The Bertz CT molecular complexity index is 717. The Balaban J connectivity index is 1.55. The Morgan fingerprint density at radius 1 is 1.20 bits per heavy atom. The van der Waals surface area contributed by atoms with Crippen LogP contribution >= 0.6 is 11.8 Å². The lowest BCUT2D eigenvalue weighted by atomic mass is 10.2. The number of nitrogens with zero attached hydrogens (tertiary/aromatic N) is 1. The lowest BCUT2D eigenvalue weighted by Gasteiger charge is -2.09. The van der Waals surface area contributed by atoms with Crippen LogP contribution in [0, 0.1) is 13.8 Å². The van der Waals surface area contributed by atoms with Crippen LogP contribution in [0.4, 0.5) is 5.82 Å². The van der Waals surface area contributed by atoms with Crippen LogP contribution in [0.25, 0.3) is 0 Å². The summed E-state index contributed by atoms with van der Waals surface area (Å²) in [7, 11) is 0. The predicted molar refractivity (Wildman–Crippen MR) is 94.8 cm³/mol. The SMILES string of the molecule is Cc1cc(NC(=O)CSCC(=O)OCCOc2ccccc2C)no1. The lowest BCUT2D eigenvalue weighted by molar-refractivity contribution is -0.141. The highest BCUT2D eigenvalue weighted by Crippen LogP contribution is 2.15. The Morgan fingerprint density at radius 3 is 2.72 bits per heavy atom. The molecule has 134 valence electrons. The van der Waals surface area contributed by atoms with Crippen molar-refractivity contribution in [2.45, 2.75) is 13.8 Å². The molecule has 0 saturated heterocycles. The summed E-state index contributed by atoms with van der Waals surface area (Å²) in [6, 6.07) is 9.24. The lowest BCUT2D eigenvalue weighted by Crippen LogP contribution is -2.17. The number of benzene rings is 1. The predicted octanol–water partition coefficient (Wildman–Crippen LogP) is 2.59. The summed E-state index contributed by atoms with van der Waals surface area (Å²) in [5.74, 6) is 1.32. The number of hydrogen-bond donors (Lipinski definition) is 1. The number of ether oxygens (including phenoxy) is 2. The second kappa shape index (κ2) is 9.73. The van der Waals surface area contributed by atoms with Gasteiger partial charge in [0.1, 0.15) is 24.7 Å². The summed E-state index contributed by atoms with van der Waals surface area (Å²) in [6.07, 6.45) is 0. The number of para-hydroxylation sites is 1. The molecule has 1 N–H and O–H groups in total. The first-order valence-electron chi connectivity index (χ1n) is 7.69.